The molecule has 1 N–H and O–H groups in total. The van der Waals surface area contributed by atoms with Gasteiger partial charge in [-0.3, -0.25) is 13.5 Å². The molecular formula is C17H30N4O4S. The normalized spacial score (nSPS) is 11.4. The molecule has 2 heterocycles. The second-order valence-corrected chi connectivity index (χ2v) is 7.94. The first-order chi connectivity index (χ1) is 12.0. The maximum absolute atomic E-state index is 10.8. The van der Waals surface area contributed by atoms with E-state index in [0.717, 1.165) is 34.6 Å². The SMILES string of the molecule is Cc1nn(C)c(C)c1CCO.Cc1nn(C)c(C)c1CCOS(C)(=O)=O. The second-order valence-electron chi connectivity index (χ2n) is 6.30. The Kier molecular flexibility index (Phi) is 7.98. The molecule has 0 aliphatic rings. The van der Waals surface area contributed by atoms with Crippen LogP contribution in [0, 0.1) is 27.7 Å². The van der Waals surface area contributed by atoms with E-state index >= 15 is 0 Å². The van der Waals surface area contributed by atoms with Gasteiger partial charge in [-0.15, -0.1) is 0 Å². The molecular weight excluding hydrogens is 356 g/mol. The molecule has 0 unspecified atom stereocenters. The van der Waals surface area contributed by atoms with Gasteiger partial charge in [0.2, 0.25) is 0 Å². The summed E-state index contributed by atoms with van der Waals surface area (Å²) >= 11 is 0. The van der Waals surface area contributed by atoms with Crippen molar-refractivity contribution in [2.24, 2.45) is 14.1 Å². The summed E-state index contributed by atoms with van der Waals surface area (Å²) in [6.07, 6.45) is 2.33. The van der Waals surface area contributed by atoms with Crippen molar-refractivity contribution in [3.63, 3.8) is 0 Å². The standard InChI is InChI=1S/C9H16N2O3S.C8H14N2O/c1-7-9(8(2)11(3)10-7)5-6-14-15(4,12)13;1-6-8(4-5-11)7(2)10(3)9-6/h5-6H2,1-4H3;11H,4-5H2,1-3H3. The monoisotopic (exact) mass is 386 g/mol. The van der Waals surface area contributed by atoms with E-state index in [-0.39, 0.29) is 13.2 Å². The summed E-state index contributed by atoms with van der Waals surface area (Å²) in [5.74, 6) is 0. The van der Waals surface area contributed by atoms with E-state index < -0.39 is 10.1 Å². The van der Waals surface area contributed by atoms with E-state index in [0.29, 0.717) is 12.8 Å². The van der Waals surface area contributed by atoms with Crippen LogP contribution in [0.4, 0.5) is 0 Å². The summed E-state index contributed by atoms with van der Waals surface area (Å²) in [5.41, 5.74) is 6.38. The highest BCUT2D eigenvalue weighted by Crippen LogP contribution is 2.13. The molecule has 0 saturated heterocycles. The summed E-state index contributed by atoms with van der Waals surface area (Å²) in [6.45, 7) is 8.22. The van der Waals surface area contributed by atoms with Crippen molar-refractivity contribution in [2.45, 2.75) is 40.5 Å². The lowest BCUT2D eigenvalue weighted by Gasteiger charge is -2.02. The first-order valence-electron chi connectivity index (χ1n) is 8.41. The number of aryl methyl sites for hydroxylation is 4. The molecule has 26 heavy (non-hydrogen) atoms. The summed E-state index contributed by atoms with van der Waals surface area (Å²) in [6, 6.07) is 0. The van der Waals surface area contributed by atoms with E-state index in [1.807, 2.05) is 46.5 Å². The Hall–Kier alpha value is -1.71. The Morgan fingerprint density at radius 2 is 1.35 bits per heavy atom. The molecule has 0 fully saturated rings. The van der Waals surface area contributed by atoms with Gasteiger partial charge in [0, 0.05) is 38.5 Å². The molecule has 2 aromatic rings. The minimum atomic E-state index is -3.34. The first kappa shape index (κ1) is 22.3. The third-order valence-corrected chi connectivity index (χ3v) is 4.92. The zero-order chi connectivity index (χ0) is 20.1. The van der Waals surface area contributed by atoms with Gasteiger partial charge in [0.25, 0.3) is 10.1 Å². The number of aromatic nitrogens is 4. The van der Waals surface area contributed by atoms with Crippen LogP contribution in [0.2, 0.25) is 0 Å². The van der Waals surface area contributed by atoms with Crippen LogP contribution in [0.1, 0.15) is 33.9 Å². The summed E-state index contributed by atoms with van der Waals surface area (Å²) in [7, 11) is 0.444. The Bertz CT molecular complexity index is 838. The van der Waals surface area contributed by atoms with Gasteiger partial charge in [0.05, 0.1) is 24.3 Å². The van der Waals surface area contributed by atoms with Gasteiger partial charge >= 0.3 is 0 Å². The molecule has 9 heteroatoms. The number of nitrogens with zero attached hydrogens (tertiary/aromatic N) is 4. The van der Waals surface area contributed by atoms with E-state index in [1.54, 1.807) is 4.68 Å². The number of hydrogen-bond donors (Lipinski definition) is 1. The molecule has 0 atom stereocenters. The second kappa shape index (κ2) is 9.29. The zero-order valence-corrected chi connectivity index (χ0v) is 17.5. The maximum atomic E-state index is 10.8. The lowest BCUT2D eigenvalue weighted by Crippen LogP contribution is -2.07. The highest BCUT2D eigenvalue weighted by Gasteiger charge is 2.10. The van der Waals surface area contributed by atoms with Gasteiger partial charge in [-0.25, -0.2) is 0 Å². The quantitative estimate of drug-likeness (QED) is 0.747. The largest absolute Gasteiger partial charge is 0.396 e. The summed E-state index contributed by atoms with van der Waals surface area (Å²) in [4.78, 5) is 0. The van der Waals surface area contributed by atoms with Crippen molar-refractivity contribution in [3.8, 4) is 0 Å². The molecule has 0 amide bonds. The molecule has 0 aromatic carbocycles. The van der Waals surface area contributed by atoms with Gasteiger partial charge < -0.3 is 5.11 Å². The molecule has 148 valence electrons. The van der Waals surface area contributed by atoms with Crippen LogP contribution < -0.4 is 0 Å². The molecule has 2 rings (SSSR count). The fraction of sp³-hybridized carbons (Fsp3) is 0.647. The predicted molar refractivity (Wildman–Crippen MR) is 101 cm³/mol. The lowest BCUT2D eigenvalue weighted by atomic mass is 10.1. The Morgan fingerprint density at radius 1 is 0.923 bits per heavy atom. The number of aliphatic hydroxyl groups excluding tert-OH is 1. The highest BCUT2D eigenvalue weighted by atomic mass is 32.2. The van der Waals surface area contributed by atoms with Crippen LogP contribution in [0.25, 0.3) is 0 Å². The molecule has 0 aliphatic carbocycles. The van der Waals surface area contributed by atoms with Crippen molar-refractivity contribution in [2.75, 3.05) is 19.5 Å². The summed E-state index contributed by atoms with van der Waals surface area (Å²) in [5, 5.41) is 17.2. The van der Waals surface area contributed by atoms with Gasteiger partial charge in [-0.1, -0.05) is 0 Å². The molecule has 0 aliphatic heterocycles. The van der Waals surface area contributed by atoms with Gasteiger partial charge in [0.15, 0.2) is 0 Å². The highest BCUT2D eigenvalue weighted by molar-refractivity contribution is 7.85. The maximum Gasteiger partial charge on any atom is 0.264 e. The minimum absolute atomic E-state index is 0.173. The third kappa shape index (κ3) is 6.22. The Balaban J connectivity index is 0.000000273. The number of hydrogen-bond acceptors (Lipinski definition) is 6. The van der Waals surface area contributed by atoms with E-state index in [4.69, 9.17) is 5.11 Å². The van der Waals surface area contributed by atoms with Crippen molar-refractivity contribution >= 4 is 10.1 Å². The molecule has 0 saturated carbocycles. The molecule has 0 radical (unpaired) electrons. The topological polar surface area (TPSA) is 99.2 Å². The number of rotatable bonds is 6. The fourth-order valence-corrected chi connectivity index (χ4v) is 3.15. The first-order valence-corrected chi connectivity index (χ1v) is 10.2. The Morgan fingerprint density at radius 3 is 1.65 bits per heavy atom. The smallest absolute Gasteiger partial charge is 0.264 e. The molecule has 0 bridgehead atoms. The Labute approximate surface area is 155 Å². The number of aliphatic hydroxyl groups is 1. The van der Waals surface area contributed by atoms with Crippen molar-refractivity contribution < 1.29 is 17.7 Å². The minimum Gasteiger partial charge on any atom is -0.396 e. The zero-order valence-electron chi connectivity index (χ0n) is 16.7. The van der Waals surface area contributed by atoms with Crippen molar-refractivity contribution in [3.05, 3.63) is 33.9 Å². The van der Waals surface area contributed by atoms with Crippen molar-refractivity contribution in [1.29, 1.82) is 0 Å². The van der Waals surface area contributed by atoms with Crippen molar-refractivity contribution in [1.82, 2.24) is 19.6 Å². The average molecular weight is 387 g/mol. The van der Waals surface area contributed by atoms with Crippen LogP contribution in [0.3, 0.4) is 0 Å². The van der Waals surface area contributed by atoms with Gasteiger partial charge in [-0.05, 0) is 45.2 Å². The third-order valence-electron chi connectivity index (χ3n) is 4.33. The molecule has 0 spiro atoms. The molecule has 2 aromatic heterocycles. The average Bonchev–Trinajstić information content (AvgIpc) is 2.90. The van der Waals surface area contributed by atoms with Crippen LogP contribution in [-0.4, -0.2) is 52.6 Å². The molecule has 8 nitrogen and oxygen atoms in total. The lowest BCUT2D eigenvalue weighted by molar-refractivity contribution is 0.299. The van der Waals surface area contributed by atoms with Gasteiger partial charge in [0.1, 0.15) is 0 Å². The van der Waals surface area contributed by atoms with Gasteiger partial charge in [-0.2, -0.15) is 18.6 Å². The van der Waals surface area contributed by atoms with Crippen LogP contribution >= 0.6 is 0 Å². The van der Waals surface area contributed by atoms with Crippen LogP contribution in [-0.2, 0) is 41.2 Å². The summed E-state index contributed by atoms with van der Waals surface area (Å²) < 4.78 is 29.8. The predicted octanol–water partition coefficient (Wildman–Crippen LogP) is 1.13. The van der Waals surface area contributed by atoms with E-state index in [2.05, 4.69) is 14.4 Å². The van der Waals surface area contributed by atoms with E-state index in [1.165, 1.54) is 5.56 Å². The van der Waals surface area contributed by atoms with E-state index in [9.17, 15) is 8.42 Å². The fourth-order valence-electron chi connectivity index (χ4n) is 2.77. The van der Waals surface area contributed by atoms with Crippen LogP contribution in [0.5, 0.6) is 0 Å². The van der Waals surface area contributed by atoms with Crippen LogP contribution in [0.15, 0.2) is 0 Å².